The zero-order valence-electron chi connectivity index (χ0n) is 8.86. The van der Waals surface area contributed by atoms with Gasteiger partial charge in [-0.2, -0.15) is 0 Å². The molecule has 1 spiro atoms. The third kappa shape index (κ3) is 2.14. The lowest BCUT2D eigenvalue weighted by atomic mass is 9.83. The Morgan fingerprint density at radius 2 is 2.40 bits per heavy atom. The Morgan fingerprint density at radius 1 is 1.67 bits per heavy atom. The van der Waals surface area contributed by atoms with Crippen LogP contribution in [-0.2, 0) is 13.8 Å². The molecule has 0 radical (unpaired) electrons. The van der Waals surface area contributed by atoms with E-state index in [-0.39, 0.29) is 11.9 Å². The van der Waals surface area contributed by atoms with E-state index in [1.807, 2.05) is 6.92 Å². The number of hydrogen-bond acceptors (Lipinski definition) is 4. The lowest BCUT2D eigenvalue weighted by Crippen LogP contribution is -2.38. The van der Waals surface area contributed by atoms with Gasteiger partial charge in [0, 0.05) is 18.1 Å². The van der Waals surface area contributed by atoms with Crippen LogP contribution in [0.1, 0.15) is 13.3 Å². The molecule has 0 bridgehead atoms. The van der Waals surface area contributed by atoms with Crippen LogP contribution in [0.15, 0.2) is 0 Å². The van der Waals surface area contributed by atoms with Gasteiger partial charge in [-0.05, 0) is 0 Å². The Hall–Kier alpha value is 0.495. The Bertz CT molecular complexity index is 283. The van der Waals surface area contributed by atoms with Gasteiger partial charge in [-0.1, -0.05) is 18.3 Å². The quantitative estimate of drug-likeness (QED) is 0.480. The fraction of sp³-hybridized carbons (Fsp3) is 1.00. The maximum atomic E-state index is 13.7. The number of halogens is 1. The average molecular weight is 252 g/mol. The molecule has 0 aromatic heterocycles. The van der Waals surface area contributed by atoms with Crippen LogP contribution in [0.5, 0.6) is 0 Å². The van der Waals surface area contributed by atoms with E-state index in [1.165, 1.54) is 11.4 Å². The highest BCUT2D eigenvalue weighted by atomic mass is 32.7. The largest absolute Gasteiger partial charge is 0.376 e. The number of ether oxygens (including phenoxy) is 1. The second-order valence-corrected chi connectivity index (χ2v) is 7.49. The van der Waals surface area contributed by atoms with Crippen molar-refractivity contribution >= 4 is 26.5 Å². The van der Waals surface area contributed by atoms with E-state index in [0.717, 1.165) is 0 Å². The number of hydrogen-bond donors (Lipinski definition) is 0. The summed E-state index contributed by atoms with van der Waals surface area (Å²) >= 11 is 1.28. The van der Waals surface area contributed by atoms with E-state index in [4.69, 9.17) is 9.26 Å². The molecule has 15 heavy (non-hydrogen) atoms. The minimum absolute atomic E-state index is 0.142. The third-order valence-corrected chi connectivity index (χ3v) is 6.16. The molecule has 2 fully saturated rings. The first kappa shape index (κ1) is 12.0. The van der Waals surface area contributed by atoms with Crippen LogP contribution in [0.25, 0.3) is 0 Å². The van der Waals surface area contributed by atoms with Gasteiger partial charge in [-0.3, -0.25) is 4.57 Å². The van der Waals surface area contributed by atoms with Gasteiger partial charge in [0.25, 0.3) is 0 Å². The summed E-state index contributed by atoms with van der Waals surface area (Å²) < 4.78 is 35.9. The summed E-state index contributed by atoms with van der Waals surface area (Å²) in [6.45, 7) is 2.28. The summed E-state index contributed by atoms with van der Waals surface area (Å²) in [5.74, 6) is 0.438. The predicted octanol–water partition coefficient (Wildman–Crippen LogP) is 1.23. The summed E-state index contributed by atoms with van der Waals surface area (Å²) in [5.41, 5.74) is -0.472. The third-order valence-electron chi connectivity index (χ3n) is 3.36. The van der Waals surface area contributed by atoms with Crippen LogP contribution in [-0.4, -0.2) is 38.0 Å². The predicted molar refractivity (Wildman–Crippen MR) is 62.2 cm³/mol. The van der Waals surface area contributed by atoms with Crippen molar-refractivity contribution in [1.29, 1.82) is 0 Å². The highest BCUT2D eigenvalue weighted by Gasteiger charge is 2.51. The van der Waals surface area contributed by atoms with Gasteiger partial charge in [-0.25, -0.2) is 4.39 Å². The van der Waals surface area contributed by atoms with Gasteiger partial charge in [0.1, 0.15) is 14.0 Å². The fourth-order valence-electron chi connectivity index (χ4n) is 2.29. The number of alkyl halides is 1. The maximum Gasteiger partial charge on any atom is 0.246 e. The van der Waals surface area contributed by atoms with Crippen molar-refractivity contribution in [1.82, 2.24) is 0 Å². The molecule has 2 aliphatic rings. The van der Waals surface area contributed by atoms with E-state index < -0.39 is 19.0 Å². The van der Waals surface area contributed by atoms with Gasteiger partial charge in [-0.15, -0.1) is 0 Å². The molecule has 2 heterocycles. The molecular weight excluding hydrogens is 237 g/mol. The number of rotatable bonds is 0. The van der Waals surface area contributed by atoms with E-state index in [9.17, 15) is 8.96 Å². The monoisotopic (exact) mass is 252 g/mol. The minimum Gasteiger partial charge on any atom is -0.376 e. The molecule has 0 amide bonds. The first-order valence-corrected chi connectivity index (χ1v) is 8.19. The molecule has 7 heteroatoms. The molecule has 2 aliphatic heterocycles. The molecular formula is C8H15BFO3PS. The van der Waals surface area contributed by atoms with Crippen LogP contribution in [0, 0.1) is 5.92 Å². The van der Waals surface area contributed by atoms with E-state index in [2.05, 4.69) is 0 Å². The molecule has 0 saturated carbocycles. The Morgan fingerprint density at radius 3 is 3.00 bits per heavy atom. The van der Waals surface area contributed by atoms with Crippen LogP contribution < -0.4 is 0 Å². The van der Waals surface area contributed by atoms with Gasteiger partial charge in [0.2, 0.25) is 7.23 Å². The molecule has 2 rings (SSSR count). The van der Waals surface area contributed by atoms with Crippen molar-refractivity contribution in [3.63, 3.8) is 0 Å². The second kappa shape index (κ2) is 4.40. The highest BCUT2D eigenvalue weighted by Crippen LogP contribution is 2.51. The lowest BCUT2D eigenvalue weighted by Gasteiger charge is -2.30. The summed E-state index contributed by atoms with van der Waals surface area (Å²) in [4.78, 5) is 0. The normalized spacial score (nSPS) is 51.9. The first-order chi connectivity index (χ1) is 7.05. The van der Waals surface area contributed by atoms with Crippen LogP contribution in [0.3, 0.4) is 0 Å². The lowest BCUT2D eigenvalue weighted by molar-refractivity contribution is -0.0244. The smallest absolute Gasteiger partial charge is 0.246 e. The van der Waals surface area contributed by atoms with Crippen molar-refractivity contribution in [2.45, 2.75) is 31.1 Å². The van der Waals surface area contributed by atoms with Crippen molar-refractivity contribution < 1.29 is 18.2 Å². The average Bonchev–Trinajstić information content (AvgIpc) is 2.39. The molecule has 3 nitrogen and oxygen atoms in total. The van der Waals surface area contributed by atoms with Crippen molar-refractivity contribution in [2.24, 2.45) is 5.92 Å². The Labute approximate surface area is 94.5 Å². The first-order valence-electron chi connectivity index (χ1n) is 5.16. The molecule has 0 N–H and O–H groups in total. The van der Waals surface area contributed by atoms with Gasteiger partial charge in [0.05, 0.1) is 18.2 Å². The van der Waals surface area contributed by atoms with Crippen molar-refractivity contribution in [2.75, 3.05) is 12.4 Å². The van der Waals surface area contributed by atoms with Crippen LogP contribution >= 0.6 is 18.6 Å². The van der Waals surface area contributed by atoms with E-state index in [1.54, 1.807) is 7.85 Å². The van der Waals surface area contributed by atoms with Crippen molar-refractivity contribution in [3.05, 3.63) is 0 Å². The molecule has 86 valence electrons. The summed E-state index contributed by atoms with van der Waals surface area (Å²) in [5, 5.41) is 0. The maximum absolute atomic E-state index is 13.7. The zero-order chi connectivity index (χ0) is 11.1. The van der Waals surface area contributed by atoms with Gasteiger partial charge < -0.3 is 9.26 Å². The SMILES string of the molecule is B[C@@H]1O[C@@]2(CCO[PH](=O)SC2)[C@H](C)C1F. The fourth-order valence-corrected chi connectivity index (χ4v) is 5.07. The second-order valence-electron chi connectivity index (χ2n) is 4.26. The summed E-state index contributed by atoms with van der Waals surface area (Å²) in [6, 6.07) is -0.360. The Balaban J connectivity index is 2.15. The standard InChI is InChI=1S/C8H15BFO3PS/c1-5-6(10)7(9)13-8(5)2-3-12-14(11)15-4-8/h5-7,14H,2-4,9H2,1H3/t5-,6?,7-,8-/m1/s1. The van der Waals surface area contributed by atoms with Gasteiger partial charge >= 0.3 is 0 Å². The molecule has 2 saturated heterocycles. The topological polar surface area (TPSA) is 35.5 Å². The van der Waals surface area contributed by atoms with Crippen LogP contribution in [0.4, 0.5) is 4.39 Å². The van der Waals surface area contributed by atoms with E-state index in [0.29, 0.717) is 18.8 Å². The van der Waals surface area contributed by atoms with E-state index >= 15 is 0 Å². The van der Waals surface area contributed by atoms with Crippen molar-refractivity contribution in [3.8, 4) is 0 Å². The van der Waals surface area contributed by atoms with Gasteiger partial charge in [0.15, 0.2) is 0 Å². The molecule has 0 aromatic carbocycles. The zero-order valence-corrected chi connectivity index (χ0v) is 10.7. The summed E-state index contributed by atoms with van der Waals surface area (Å²) in [6.07, 6.45) is -0.284. The van der Waals surface area contributed by atoms with Crippen LogP contribution in [0.2, 0.25) is 0 Å². The molecule has 2 unspecified atom stereocenters. The minimum atomic E-state index is -1.98. The molecule has 0 aliphatic carbocycles. The molecule has 0 aromatic rings. The summed E-state index contributed by atoms with van der Waals surface area (Å²) in [7, 11) is -0.225. The Kier molecular flexibility index (Phi) is 3.51. The molecule has 5 atom stereocenters. The highest BCUT2D eigenvalue weighted by molar-refractivity contribution is 8.50.